The van der Waals surface area contributed by atoms with Crippen molar-refractivity contribution >= 4 is 21.8 Å². The molecule has 0 heterocycles. The molecule has 0 aromatic heterocycles. The normalized spacial score (nSPS) is 12.3. The second-order valence-corrected chi connectivity index (χ2v) is 5.92. The lowest BCUT2D eigenvalue weighted by Gasteiger charge is -2.16. The molecule has 1 atom stereocenters. The van der Waals surface area contributed by atoms with Crippen molar-refractivity contribution in [1.29, 1.82) is 0 Å². The molecule has 4 heteroatoms. The molecule has 1 aromatic carbocycles. The molecule has 106 valence electrons. The van der Waals surface area contributed by atoms with Crippen LogP contribution in [0.4, 0.5) is 0 Å². The molecule has 19 heavy (non-hydrogen) atoms. The van der Waals surface area contributed by atoms with Gasteiger partial charge >= 0.3 is 0 Å². The summed E-state index contributed by atoms with van der Waals surface area (Å²) in [5.74, 6) is 1.05. The second-order valence-electron chi connectivity index (χ2n) is 5.00. The van der Waals surface area contributed by atoms with E-state index in [1.807, 2.05) is 32.0 Å². The molecule has 0 bridgehead atoms. The van der Waals surface area contributed by atoms with Gasteiger partial charge in [-0.2, -0.15) is 0 Å². The van der Waals surface area contributed by atoms with Gasteiger partial charge in [0.15, 0.2) is 6.61 Å². The summed E-state index contributed by atoms with van der Waals surface area (Å²) in [5, 5.41) is 2.89. The highest BCUT2D eigenvalue weighted by Gasteiger charge is 2.11. The number of carbonyl (C=O) groups excluding carboxylic acids is 1. The Labute approximate surface area is 123 Å². The van der Waals surface area contributed by atoms with Gasteiger partial charge in [-0.05, 0) is 43.0 Å². The van der Waals surface area contributed by atoms with Gasteiger partial charge in [0.1, 0.15) is 5.75 Å². The maximum atomic E-state index is 11.7. The fourth-order valence-electron chi connectivity index (χ4n) is 1.66. The SMILES string of the molecule is CCC(C)NC(=O)COc1ccc(Br)cc1C(C)C. The van der Waals surface area contributed by atoms with Gasteiger partial charge < -0.3 is 10.1 Å². The van der Waals surface area contributed by atoms with Crippen LogP contribution in [0.25, 0.3) is 0 Å². The fraction of sp³-hybridized carbons (Fsp3) is 0.533. The van der Waals surface area contributed by atoms with E-state index in [2.05, 4.69) is 35.1 Å². The Morgan fingerprint density at radius 3 is 2.63 bits per heavy atom. The molecule has 0 radical (unpaired) electrons. The lowest BCUT2D eigenvalue weighted by Crippen LogP contribution is -2.35. The predicted molar refractivity (Wildman–Crippen MR) is 81.6 cm³/mol. The molecule has 0 aliphatic rings. The molecular formula is C15H22BrNO2. The zero-order chi connectivity index (χ0) is 14.4. The zero-order valence-corrected chi connectivity index (χ0v) is 13.6. The van der Waals surface area contributed by atoms with Crippen molar-refractivity contribution in [3.8, 4) is 5.75 Å². The van der Waals surface area contributed by atoms with Crippen LogP contribution in [0.2, 0.25) is 0 Å². The van der Waals surface area contributed by atoms with E-state index in [-0.39, 0.29) is 18.6 Å². The van der Waals surface area contributed by atoms with E-state index >= 15 is 0 Å². The minimum atomic E-state index is -0.0769. The number of nitrogens with one attached hydrogen (secondary N) is 1. The molecule has 0 aliphatic heterocycles. The van der Waals surface area contributed by atoms with Crippen LogP contribution in [-0.4, -0.2) is 18.6 Å². The van der Waals surface area contributed by atoms with Gasteiger partial charge in [0.2, 0.25) is 0 Å². The number of hydrogen-bond donors (Lipinski definition) is 1. The lowest BCUT2D eigenvalue weighted by atomic mass is 10.0. The summed E-state index contributed by atoms with van der Waals surface area (Å²) in [6.45, 7) is 8.29. The Morgan fingerprint density at radius 2 is 2.05 bits per heavy atom. The molecule has 1 aromatic rings. The minimum absolute atomic E-state index is 0.0612. The smallest absolute Gasteiger partial charge is 0.258 e. The van der Waals surface area contributed by atoms with Crippen molar-refractivity contribution in [3.63, 3.8) is 0 Å². The number of benzene rings is 1. The predicted octanol–water partition coefficient (Wildman–Crippen LogP) is 3.87. The summed E-state index contributed by atoms with van der Waals surface area (Å²) in [6, 6.07) is 6.04. The Balaban J connectivity index is 2.65. The molecule has 0 saturated carbocycles. The van der Waals surface area contributed by atoms with Gasteiger partial charge in [0.05, 0.1) is 0 Å². The van der Waals surface area contributed by atoms with E-state index < -0.39 is 0 Å². The van der Waals surface area contributed by atoms with E-state index in [4.69, 9.17) is 4.74 Å². The highest BCUT2D eigenvalue weighted by Crippen LogP contribution is 2.29. The molecule has 1 N–H and O–H groups in total. The third kappa shape index (κ3) is 5.23. The number of hydrogen-bond acceptors (Lipinski definition) is 2. The maximum absolute atomic E-state index is 11.7. The first-order valence-corrected chi connectivity index (χ1v) is 7.45. The van der Waals surface area contributed by atoms with Crippen molar-refractivity contribution in [2.75, 3.05) is 6.61 Å². The van der Waals surface area contributed by atoms with E-state index in [0.29, 0.717) is 5.92 Å². The number of rotatable bonds is 6. The highest BCUT2D eigenvalue weighted by atomic mass is 79.9. The summed E-state index contributed by atoms with van der Waals surface area (Å²) in [6.07, 6.45) is 0.918. The van der Waals surface area contributed by atoms with Crippen molar-refractivity contribution in [2.24, 2.45) is 0 Å². The van der Waals surface area contributed by atoms with Crippen LogP contribution in [0.1, 0.15) is 45.6 Å². The zero-order valence-electron chi connectivity index (χ0n) is 12.0. The summed E-state index contributed by atoms with van der Waals surface area (Å²) >= 11 is 3.45. The van der Waals surface area contributed by atoms with Crippen LogP contribution >= 0.6 is 15.9 Å². The maximum Gasteiger partial charge on any atom is 0.258 e. The third-order valence-electron chi connectivity index (χ3n) is 2.97. The topological polar surface area (TPSA) is 38.3 Å². The average Bonchev–Trinajstić information content (AvgIpc) is 2.36. The summed E-state index contributed by atoms with van der Waals surface area (Å²) in [7, 11) is 0. The van der Waals surface area contributed by atoms with Crippen LogP contribution in [0.5, 0.6) is 5.75 Å². The van der Waals surface area contributed by atoms with Crippen LogP contribution < -0.4 is 10.1 Å². The van der Waals surface area contributed by atoms with Gasteiger partial charge in [-0.1, -0.05) is 36.7 Å². The van der Waals surface area contributed by atoms with Gasteiger partial charge in [0, 0.05) is 10.5 Å². The van der Waals surface area contributed by atoms with Crippen molar-refractivity contribution < 1.29 is 9.53 Å². The van der Waals surface area contributed by atoms with E-state index in [0.717, 1.165) is 22.2 Å². The Bertz CT molecular complexity index is 432. The number of halogens is 1. The summed E-state index contributed by atoms with van der Waals surface area (Å²) < 4.78 is 6.65. The highest BCUT2D eigenvalue weighted by molar-refractivity contribution is 9.10. The van der Waals surface area contributed by atoms with E-state index in [1.165, 1.54) is 0 Å². The molecule has 0 spiro atoms. The molecular weight excluding hydrogens is 306 g/mol. The minimum Gasteiger partial charge on any atom is -0.483 e. The van der Waals surface area contributed by atoms with Crippen LogP contribution in [0.3, 0.4) is 0 Å². The molecule has 3 nitrogen and oxygen atoms in total. The first-order chi connectivity index (χ1) is 8.93. The lowest BCUT2D eigenvalue weighted by molar-refractivity contribution is -0.123. The van der Waals surface area contributed by atoms with Gasteiger partial charge in [0.25, 0.3) is 5.91 Å². The van der Waals surface area contributed by atoms with Gasteiger partial charge in [-0.25, -0.2) is 0 Å². The molecule has 0 saturated heterocycles. The Kier molecular flexibility index (Phi) is 6.35. The first-order valence-electron chi connectivity index (χ1n) is 6.65. The molecule has 1 rings (SSSR count). The number of carbonyl (C=O) groups is 1. The van der Waals surface area contributed by atoms with Crippen molar-refractivity contribution in [2.45, 2.75) is 46.1 Å². The second kappa shape index (κ2) is 7.53. The molecule has 1 unspecified atom stereocenters. The quantitative estimate of drug-likeness (QED) is 0.861. The standard InChI is InChI=1S/C15H22BrNO2/c1-5-11(4)17-15(18)9-19-14-7-6-12(16)8-13(14)10(2)3/h6-8,10-11H,5,9H2,1-4H3,(H,17,18). The number of ether oxygens (including phenoxy) is 1. The summed E-state index contributed by atoms with van der Waals surface area (Å²) in [4.78, 5) is 11.7. The van der Waals surface area contributed by atoms with E-state index in [1.54, 1.807) is 0 Å². The Hall–Kier alpha value is -1.03. The molecule has 1 amide bonds. The van der Waals surface area contributed by atoms with Crippen LogP contribution in [0.15, 0.2) is 22.7 Å². The third-order valence-corrected chi connectivity index (χ3v) is 3.47. The van der Waals surface area contributed by atoms with Crippen molar-refractivity contribution in [1.82, 2.24) is 5.32 Å². The van der Waals surface area contributed by atoms with Crippen LogP contribution in [-0.2, 0) is 4.79 Å². The van der Waals surface area contributed by atoms with Crippen molar-refractivity contribution in [3.05, 3.63) is 28.2 Å². The molecule has 0 fully saturated rings. The molecule has 0 aliphatic carbocycles. The largest absolute Gasteiger partial charge is 0.483 e. The summed E-state index contributed by atoms with van der Waals surface area (Å²) in [5.41, 5.74) is 1.10. The van der Waals surface area contributed by atoms with Gasteiger partial charge in [-0.15, -0.1) is 0 Å². The van der Waals surface area contributed by atoms with Gasteiger partial charge in [-0.3, -0.25) is 4.79 Å². The average molecular weight is 328 g/mol. The fourth-order valence-corrected chi connectivity index (χ4v) is 2.04. The monoisotopic (exact) mass is 327 g/mol. The Morgan fingerprint density at radius 1 is 1.37 bits per heavy atom. The van der Waals surface area contributed by atoms with Crippen LogP contribution in [0, 0.1) is 0 Å². The number of amides is 1. The van der Waals surface area contributed by atoms with E-state index in [9.17, 15) is 4.79 Å². The first kappa shape index (κ1) is 16.0.